The molecule has 0 aliphatic carbocycles. The highest BCUT2D eigenvalue weighted by Gasteiger charge is 2.17. The second-order valence-electron chi connectivity index (χ2n) is 8.32. The summed E-state index contributed by atoms with van der Waals surface area (Å²) in [4.78, 5) is 5.48. The number of aromatic nitrogens is 2. The zero-order valence-corrected chi connectivity index (χ0v) is 18.8. The molecule has 1 N–H and O–H groups in total. The molecular weight excluding hydrogens is 406 g/mol. The number of aryl methyl sites for hydroxylation is 1. The molecule has 0 aliphatic rings. The Morgan fingerprint density at radius 3 is 2.55 bits per heavy atom. The van der Waals surface area contributed by atoms with Gasteiger partial charge in [-0.3, -0.25) is 0 Å². The van der Waals surface area contributed by atoms with E-state index in [4.69, 9.17) is 16.3 Å². The number of hydrogen-bond acceptors (Lipinski definition) is 2. The zero-order chi connectivity index (χ0) is 21.5. The summed E-state index contributed by atoms with van der Waals surface area (Å²) < 4.78 is 8.29. The topological polar surface area (TPSA) is 33.2 Å². The van der Waals surface area contributed by atoms with E-state index in [-0.39, 0.29) is 0 Å². The Bertz CT molecular complexity index is 1400. The van der Waals surface area contributed by atoms with Crippen LogP contribution in [-0.4, -0.2) is 41.7 Å². The van der Waals surface area contributed by atoms with Crippen LogP contribution in [0.3, 0.4) is 0 Å². The van der Waals surface area contributed by atoms with E-state index in [9.17, 15) is 0 Å². The highest BCUT2D eigenvalue weighted by Crippen LogP contribution is 2.41. The molecule has 0 bridgehead atoms. The Morgan fingerprint density at radius 2 is 1.74 bits per heavy atom. The van der Waals surface area contributed by atoms with Gasteiger partial charge < -0.3 is 19.2 Å². The average molecular weight is 432 g/mol. The fourth-order valence-corrected chi connectivity index (χ4v) is 4.70. The van der Waals surface area contributed by atoms with Crippen molar-refractivity contribution in [2.75, 3.05) is 27.2 Å². The predicted octanol–water partition coefficient (Wildman–Crippen LogP) is 6.46. The van der Waals surface area contributed by atoms with Crippen molar-refractivity contribution in [1.29, 1.82) is 0 Å². The first-order valence-electron chi connectivity index (χ1n) is 10.6. The minimum atomic E-state index is 0.715. The lowest BCUT2D eigenvalue weighted by Crippen LogP contribution is -2.15. The van der Waals surface area contributed by atoms with E-state index in [1.165, 1.54) is 32.6 Å². The molecule has 5 aromatic rings. The van der Waals surface area contributed by atoms with E-state index in [0.29, 0.717) is 6.61 Å². The number of nitrogens with zero attached hydrogens (tertiary/aromatic N) is 2. The molecule has 0 amide bonds. The highest BCUT2D eigenvalue weighted by molar-refractivity contribution is 6.34. The minimum Gasteiger partial charge on any atom is -0.493 e. The lowest BCUT2D eigenvalue weighted by Gasteiger charge is -2.10. The fraction of sp³-hybridized carbons (Fsp3) is 0.231. The van der Waals surface area contributed by atoms with Crippen molar-refractivity contribution >= 4 is 44.2 Å². The molecule has 31 heavy (non-hydrogen) atoms. The first kappa shape index (κ1) is 20.0. The molecule has 158 valence electrons. The van der Waals surface area contributed by atoms with Crippen molar-refractivity contribution in [3.8, 4) is 16.9 Å². The van der Waals surface area contributed by atoms with Crippen LogP contribution in [-0.2, 0) is 7.05 Å². The molecule has 0 spiro atoms. The molecule has 0 unspecified atom stereocenters. The van der Waals surface area contributed by atoms with Gasteiger partial charge in [-0.25, -0.2) is 0 Å². The summed E-state index contributed by atoms with van der Waals surface area (Å²) in [6.45, 7) is 1.74. The summed E-state index contributed by atoms with van der Waals surface area (Å²) in [5.74, 6) is 0.911. The average Bonchev–Trinajstić information content (AvgIpc) is 3.35. The molecule has 2 aromatic heterocycles. The van der Waals surface area contributed by atoms with E-state index >= 15 is 0 Å². The SMILES string of the molecule is CN(C)CCCOc1ccc2c3c4c[nH]cc4c(-c4ccccc4Cl)cc3n(C)c2c1. The van der Waals surface area contributed by atoms with Crippen LogP contribution >= 0.6 is 11.6 Å². The number of H-pyrrole nitrogens is 1. The molecular formula is C26H26ClN3O. The minimum absolute atomic E-state index is 0.715. The van der Waals surface area contributed by atoms with Crippen LogP contribution in [0.5, 0.6) is 5.75 Å². The van der Waals surface area contributed by atoms with E-state index < -0.39 is 0 Å². The van der Waals surface area contributed by atoms with Crippen molar-refractivity contribution in [2.24, 2.45) is 7.05 Å². The quantitative estimate of drug-likeness (QED) is 0.313. The zero-order valence-electron chi connectivity index (χ0n) is 18.1. The van der Waals surface area contributed by atoms with Gasteiger partial charge in [-0.1, -0.05) is 29.8 Å². The maximum Gasteiger partial charge on any atom is 0.121 e. The van der Waals surface area contributed by atoms with Gasteiger partial charge in [-0.05, 0) is 50.3 Å². The molecule has 0 saturated heterocycles. The van der Waals surface area contributed by atoms with Gasteiger partial charge in [0, 0.05) is 64.2 Å². The first-order chi connectivity index (χ1) is 15.0. The monoisotopic (exact) mass is 431 g/mol. The molecule has 0 fully saturated rings. The molecule has 4 nitrogen and oxygen atoms in total. The van der Waals surface area contributed by atoms with Gasteiger partial charge in [0.05, 0.1) is 17.6 Å². The summed E-state index contributed by atoms with van der Waals surface area (Å²) in [6.07, 6.45) is 5.16. The summed E-state index contributed by atoms with van der Waals surface area (Å²) in [7, 11) is 6.29. The van der Waals surface area contributed by atoms with Crippen molar-refractivity contribution in [3.05, 3.63) is 65.9 Å². The number of aromatic amines is 1. The molecule has 5 rings (SSSR count). The van der Waals surface area contributed by atoms with Crippen LogP contribution in [0.2, 0.25) is 5.02 Å². The lowest BCUT2D eigenvalue weighted by atomic mass is 9.97. The van der Waals surface area contributed by atoms with Crippen LogP contribution in [0.15, 0.2) is 60.9 Å². The van der Waals surface area contributed by atoms with Crippen molar-refractivity contribution in [1.82, 2.24) is 14.5 Å². The van der Waals surface area contributed by atoms with Gasteiger partial charge in [-0.15, -0.1) is 0 Å². The number of halogens is 1. The Balaban J connectivity index is 1.65. The van der Waals surface area contributed by atoms with Crippen molar-refractivity contribution < 1.29 is 4.74 Å². The van der Waals surface area contributed by atoms with Crippen LogP contribution in [0, 0.1) is 0 Å². The summed E-state index contributed by atoms with van der Waals surface area (Å²) in [5, 5.41) is 5.63. The van der Waals surface area contributed by atoms with Gasteiger partial charge in [0.25, 0.3) is 0 Å². The number of rotatable bonds is 6. The fourth-order valence-electron chi connectivity index (χ4n) is 4.46. The highest BCUT2D eigenvalue weighted by atomic mass is 35.5. The molecule has 0 aliphatic heterocycles. The summed E-state index contributed by atoms with van der Waals surface area (Å²) >= 11 is 6.56. The Labute approximate surface area is 187 Å². The molecule has 0 saturated carbocycles. The molecule has 0 radical (unpaired) electrons. The van der Waals surface area contributed by atoms with Crippen molar-refractivity contribution in [2.45, 2.75) is 6.42 Å². The Morgan fingerprint density at radius 1 is 0.935 bits per heavy atom. The van der Waals surface area contributed by atoms with Gasteiger partial charge in [0.15, 0.2) is 0 Å². The largest absolute Gasteiger partial charge is 0.493 e. The third kappa shape index (κ3) is 3.46. The van der Waals surface area contributed by atoms with Gasteiger partial charge in [-0.2, -0.15) is 0 Å². The molecule has 3 aromatic carbocycles. The lowest BCUT2D eigenvalue weighted by molar-refractivity contribution is 0.282. The van der Waals surface area contributed by atoms with Gasteiger partial charge in [0.1, 0.15) is 5.75 Å². The van der Waals surface area contributed by atoms with Crippen LogP contribution in [0.4, 0.5) is 0 Å². The Kier molecular flexibility index (Phi) is 5.12. The second kappa shape index (κ2) is 7.95. The number of nitrogens with one attached hydrogen (secondary N) is 1. The normalized spacial score (nSPS) is 11.9. The third-order valence-corrected chi connectivity index (χ3v) is 6.32. The third-order valence-electron chi connectivity index (χ3n) is 5.99. The first-order valence-corrected chi connectivity index (χ1v) is 11.0. The maximum atomic E-state index is 6.56. The van der Waals surface area contributed by atoms with E-state index in [0.717, 1.165) is 34.9 Å². The number of benzene rings is 3. The number of fused-ring (bicyclic) bond motifs is 5. The summed E-state index contributed by atoms with van der Waals surface area (Å²) in [6, 6.07) is 16.7. The van der Waals surface area contributed by atoms with Gasteiger partial charge >= 0.3 is 0 Å². The van der Waals surface area contributed by atoms with E-state index in [1.54, 1.807) is 0 Å². The molecule has 2 heterocycles. The van der Waals surface area contributed by atoms with E-state index in [1.807, 2.05) is 18.2 Å². The smallest absolute Gasteiger partial charge is 0.121 e. The van der Waals surface area contributed by atoms with E-state index in [2.05, 4.69) is 78.3 Å². The second-order valence-corrected chi connectivity index (χ2v) is 8.73. The number of ether oxygens (including phenoxy) is 1. The van der Waals surface area contributed by atoms with Crippen molar-refractivity contribution in [3.63, 3.8) is 0 Å². The Hall–Kier alpha value is -2.95. The predicted molar refractivity (Wildman–Crippen MR) is 131 cm³/mol. The van der Waals surface area contributed by atoms with Crippen LogP contribution in [0.25, 0.3) is 43.7 Å². The standard InChI is InChI=1S/C26H26ClN3O/c1-29(2)11-6-12-31-17-9-10-19-24(13-17)30(3)25-14-20(18-7-4-5-8-23(18)27)21-15-28-16-22(21)26(19)25/h4-5,7-10,13-16,28H,6,11-12H2,1-3H3. The van der Waals surface area contributed by atoms with Crippen LogP contribution in [0.1, 0.15) is 6.42 Å². The molecule has 5 heteroatoms. The summed E-state index contributed by atoms with van der Waals surface area (Å²) in [5.41, 5.74) is 4.53. The van der Waals surface area contributed by atoms with Gasteiger partial charge in [0.2, 0.25) is 0 Å². The van der Waals surface area contributed by atoms with Crippen LogP contribution < -0.4 is 4.74 Å². The molecule has 0 atom stereocenters. The maximum absolute atomic E-state index is 6.56. The number of hydrogen-bond donors (Lipinski definition) is 1.